The van der Waals surface area contributed by atoms with Crippen LogP contribution in [0.25, 0.3) is 0 Å². The Balaban J connectivity index is 2.15. The van der Waals surface area contributed by atoms with Gasteiger partial charge >= 0.3 is 0 Å². The summed E-state index contributed by atoms with van der Waals surface area (Å²) in [5.74, 6) is 1.30. The lowest BCUT2D eigenvalue weighted by Gasteiger charge is -2.04. The summed E-state index contributed by atoms with van der Waals surface area (Å²) in [6.07, 6.45) is 3.58. The van der Waals surface area contributed by atoms with E-state index in [1.54, 1.807) is 0 Å². The predicted molar refractivity (Wildman–Crippen MR) is 64.0 cm³/mol. The monoisotopic (exact) mass is 228 g/mol. The largest absolute Gasteiger partial charge is 0.330 e. The number of thiazole rings is 1. The molecule has 14 heavy (non-hydrogen) atoms. The van der Waals surface area contributed by atoms with E-state index in [-0.39, 0.29) is 0 Å². The van der Waals surface area contributed by atoms with Gasteiger partial charge in [-0.05, 0) is 32.1 Å². The molecule has 1 aliphatic heterocycles. The zero-order valence-corrected chi connectivity index (χ0v) is 10.1. The van der Waals surface area contributed by atoms with Gasteiger partial charge in [0.25, 0.3) is 0 Å². The van der Waals surface area contributed by atoms with E-state index < -0.39 is 0 Å². The van der Waals surface area contributed by atoms with E-state index in [0.717, 1.165) is 6.42 Å². The molecular weight excluding hydrogens is 212 g/mol. The van der Waals surface area contributed by atoms with Gasteiger partial charge in [-0.3, -0.25) is 0 Å². The van der Waals surface area contributed by atoms with Crippen molar-refractivity contribution in [3.8, 4) is 0 Å². The van der Waals surface area contributed by atoms with Crippen LogP contribution in [0, 0.1) is 6.92 Å². The number of nitrogens with two attached hydrogens (primary N) is 1. The van der Waals surface area contributed by atoms with Gasteiger partial charge < -0.3 is 5.73 Å². The maximum Gasteiger partial charge on any atom is 0.0944 e. The van der Waals surface area contributed by atoms with Crippen molar-refractivity contribution in [3.05, 3.63) is 15.6 Å². The van der Waals surface area contributed by atoms with E-state index in [0.29, 0.717) is 11.8 Å². The fourth-order valence-electron chi connectivity index (χ4n) is 1.79. The maximum absolute atomic E-state index is 5.53. The molecule has 1 aromatic heterocycles. The van der Waals surface area contributed by atoms with Gasteiger partial charge in [0.15, 0.2) is 0 Å². The first-order valence-corrected chi connectivity index (χ1v) is 6.95. The molecule has 0 aromatic carbocycles. The van der Waals surface area contributed by atoms with Gasteiger partial charge in [-0.15, -0.1) is 11.3 Å². The first kappa shape index (κ1) is 10.5. The molecule has 0 amide bonds. The quantitative estimate of drug-likeness (QED) is 0.864. The van der Waals surface area contributed by atoms with E-state index in [1.807, 2.05) is 11.3 Å². The van der Waals surface area contributed by atoms with Gasteiger partial charge in [0, 0.05) is 16.5 Å². The summed E-state index contributed by atoms with van der Waals surface area (Å²) in [6.45, 7) is 2.90. The first-order valence-electron chi connectivity index (χ1n) is 5.09. The minimum atomic E-state index is 0.665. The van der Waals surface area contributed by atoms with Crippen molar-refractivity contribution in [3.63, 3.8) is 0 Å². The summed E-state index contributed by atoms with van der Waals surface area (Å²) in [6, 6.07) is 0. The summed E-state index contributed by atoms with van der Waals surface area (Å²) >= 11 is 3.88. The molecule has 0 bridgehead atoms. The van der Waals surface area contributed by atoms with E-state index in [9.17, 15) is 0 Å². The minimum Gasteiger partial charge on any atom is -0.330 e. The van der Waals surface area contributed by atoms with E-state index in [4.69, 9.17) is 10.7 Å². The fourth-order valence-corrected chi connectivity index (χ4v) is 4.21. The highest BCUT2D eigenvalue weighted by Crippen LogP contribution is 2.41. The molecule has 2 rings (SSSR count). The Morgan fingerprint density at radius 3 is 3.07 bits per heavy atom. The molecule has 2 heterocycles. The normalized spacial score (nSPS) is 21.7. The van der Waals surface area contributed by atoms with Crippen molar-refractivity contribution in [2.24, 2.45) is 5.73 Å². The maximum atomic E-state index is 5.53. The SMILES string of the molecule is Cc1sc(CCN)nc1C1CCCS1. The van der Waals surface area contributed by atoms with Crippen LogP contribution in [-0.2, 0) is 6.42 Å². The van der Waals surface area contributed by atoms with E-state index in [2.05, 4.69) is 18.7 Å². The van der Waals surface area contributed by atoms with Crippen LogP contribution in [0.3, 0.4) is 0 Å². The van der Waals surface area contributed by atoms with Crippen LogP contribution in [-0.4, -0.2) is 17.3 Å². The van der Waals surface area contributed by atoms with E-state index >= 15 is 0 Å². The van der Waals surface area contributed by atoms with Gasteiger partial charge in [0.05, 0.1) is 10.7 Å². The Hall–Kier alpha value is -0.0600. The van der Waals surface area contributed by atoms with Gasteiger partial charge in [-0.2, -0.15) is 11.8 Å². The minimum absolute atomic E-state index is 0.665. The topological polar surface area (TPSA) is 38.9 Å². The highest BCUT2D eigenvalue weighted by atomic mass is 32.2. The van der Waals surface area contributed by atoms with Gasteiger partial charge in [0.2, 0.25) is 0 Å². The zero-order valence-electron chi connectivity index (χ0n) is 8.45. The number of thioether (sulfide) groups is 1. The number of aromatic nitrogens is 1. The molecule has 1 aromatic rings. The lowest BCUT2D eigenvalue weighted by Crippen LogP contribution is -2.02. The van der Waals surface area contributed by atoms with Crippen molar-refractivity contribution < 1.29 is 0 Å². The molecule has 0 spiro atoms. The first-order chi connectivity index (χ1) is 6.81. The molecule has 1 aliphatic rings. The number of hydrogen-bond donors (Lipinski definition) is 1. The number of nitrogens with zero attached hydrogens (tertiary/aromatic N) is 1. The molecule has 4 heteroatoms. The van der Waals surface area contributed by atoms with Crippen molar-refractivity contribution in [2.45, 2.75) is 31.4 Å². The average Bonchev–Trinajstić information content (AvgIpc) is 2.74. The van der Waals surface area contributed by atoms with Gasteiger partial charge in [0.1, 0.15) is 0 Å². The Labute approximate surface area is 93.3 Å². The molecule has 0 aliphatic carbocycles. The molecule has 2 nitrogen and oxygen atoms in total. The standard InChI is InChI=1S/C10H16N2S2/c1-7-10(8-3-2-6-13-8)12-9(14-7)4-5-11/h8H,2-6,11H2,1H3. The lowest BCUT2D eigenvalue weighted by atomic mass is 10.2. The fraction of sp³-hybridized carbons (Fsp3) is 0.700. The highest BCUT2D eigenvalue weighted by molar-refractivity contribution is 7.99. The van der Waals surface area contributed by atoms with Crippen molar-refractivity contribution in [2.75, 3.05) is 12.3 Å². The third-order valence-corrected chi connectivity index (χ3v) is 4.90. The second-order valence-electron chi connectivity index (χ2n) is 3.59. The van der Waals surface area contributed by atoms with Gasteiger partial charge in [-0.25, -0.2) is 4.98 Å². The Bertz CT molecular complexity index is 303. The molecule has 0 saturated carbocycles. The molecule has 1 unspecified atom stereocenters. The highest BCUT2D eigenvalue weighted by Gasteiger charge is 2.22. The molecule has 0 radical (unpaired) electrons. The third-order valence-electron chi connectivity index (χ3n) is 2.47. The van der Waals surface area contributed by atoms with Crippen LogP contribution in [0.15, 0.2) is 0 Å². The second kappa shape index (κ2) is 4.64. The van der Waals surface area contributed by atoms with Crippen LogP contribution in [0.2, 0.25) is 0 Å². The summed E-state index contributed by atoms with van der Waals surface area (Å²) in [7, 11) is 0. The summed E-state index contributed by atoms with van der Waals surface area (Å²) < 4.78 is 0. The Kier molecular flexibility index (Phi) is 3.47. The van der Waals surface area contributed by atoms with Crippen LogP contribution in [0.4, 0.5) is 0 Å². The molecule has 1 atom stereocenters. The summed E-state index contributed by atoms with van der Waals surface area (Å²) in [5.41, 5.74) is 6.87. The number of rotatable bonds is 3. The van der Waals surface area contributed by atoms with Crippen LogP contribution >= 0.6 is 23.1 Å². The Morgan fingerprint density at radius 2 is 2.43 bits per heavy atom. The molecule has 78 valence electrons. The van der Waals surface area contributed by atoms with Crippen LogP contribution < -0.4 is 5.73 Å². The lowest BCUT2D eigenvalue weighted by molar-refractivity contribution is 0.800. The molecule has 1 saturated heterocycles. The molecule has 1 fully saturated rings. The van der Waals surface area contributed by atoms with Crippen LogP contribution in [0.1, 0.15) is 33.7 Å². The summed E-state index contributed by atoms with van der Waals surface area (Å²) in [4.78, 5) is 6.10. The van der Waals surface area contributed by atoms with E-state index in [1.165, 1.54) is 34.2 Å². The predicted octanol–water partition coefficient (Wildman–Crippen LogP) is 2.52. The summed E-state index contributed by atoms with van der Waals surface area (Å²) in [5, 5.41) is 1.88. The zero-order chi connectivity index (χ0) is 9.97. The van der Waals surface area contributed by atoms with Crippen molar-refractivity contribution >= 4 is 23.1 Å². The van der Waals surface area contributed by atoms with Crippen molar-refractivity contribution in [1.29, 1.82) is 0 Å². The number of aryl methyl sites for hydroxylation is 1. The smallest absolute Gasteiger partial charge is 0.0944 e. The average molecular weight is 228 g/mol. The van der Waals surface area contributed by atoms with Crippen molar-refractivity contribution in [1.82, 2.24) is 4.98 Å². The third kappa shape index (κ3) is 2.12. The van der Waals surface area contributed by atoms with Crippen LogP contribution in [0.5, 0.6) is 0 Å². The second-order valence-corrected chi connectivity index (χ2v) is 6.19. The Morgan fingerprint density at radius 1 is 1.57 bits per heavy atom. The number of hydrogen-bond acceptors (Lipinski definition) is 4. The molecular formula is C10H16N2S2. The van der Waals surface area contributed by atoms with Gasteiger partial charge in [-0.1, -0.05) is 0 Å². The molecule has 2 N–H and O–H groups in total.